The third kappa shape index (κ3) is 2.38. The molecule has 1 aliphatic heterocycles. The molecule has 3 heteroatoms. The van der Waals surface area contributed by atoms with E-state index in [-0.39, 0.29) is 0 Å². The van der Waals surface area contributed by atoms with Gasteiger partial charge in [0.2, 0.25) is 0 Å². The molecule has 2 N–H and O–H groups in total. The number of nitrogens with one attached hydrogen (secondary N) is 2. The SMILES string of the molecule is COC1CNC(CNCC2C(C)(C)C2(C)C)C1. The van der Waals surface area contributed by atoms with Crippen molar-refractivity contribution < 1.29 is 4.74 Å². The van der Waals surface area contributed by atoms with Crippen molar-refractivity contribution >= 4 is 0 Å². The van der Waals surface area contributed by atoms with Crippen LogP contribution in [0.15, 0.2) is 0 Å². The van der Waals surface area contributed by atoms with Crippen LogP contribution in [0.25, 0.3) is 0 Å². The Morgan fingerprint density at radius 2 is 1.82 bits per heavy atom. The lowest BCUT2D eigenvalue weighted by molar-refractivity contribution is 0.117. The summed E-state index contributed by atoms with van der Waals surface area (Å²) < 4.78 is 5.36. The molecule has 3 nitrogen and oxygen atoms in total. The number of hydrogen-bond donors (Lipinski definition) is 2. The van der Waals surface area contributed by atoms with Gasteiger partial charge in [0.15, 0.2) is 0 Å². The van der Waals surface area contributed by atoms with Gasteiger partial charge in [-0.3, -0.25) is 0 Å². The summed E-state index contributed by atoms with van der Waals surface area (Å²) in [5.74, 6) is 0.814. The topological polar surface area (TPSA) is 33.3 Å². The second-order valence-corrected chi connectivity index (χ2v) is 6.85. The predicted octanol–water partition coefficient (Wildman–Crippen LogP) is 1.64. The van der Waals surface area contributed by atoms with E-state index in [2.05, 4.69) is 38.3 Å². The van der Waals surface area contributed by atoms with Crippen molar-refractivity contribution in [1.82, 2.24) is 10.6 Å². The van der Waals surface area contributed by atoms with Crippen LogP contribution in [-0.2, 0) is 4.74 Å². The number of hydrogen-bond acceptors (Lipinski definition) is 3. The maximum atomic E-state index is 5.36. The van der Waals surface area contributed by atoms with E-state index < -0.39 is 0 Å². The van der Waals surface area contributed by atoms with Gasteiger partial charge in [-0.15, -0.1) is 0 Å². The lowest BCUT2D eigenvalue weighted by Gasteiger charge is -2.12. The summed E-state index contributed by atoms with van der Waals surface area (Å²) in [6.07, 6.45) is 1.55. The van der Waals surface area contributed by atoms with E-state index in [0.29, 0.717) is 23.0 Å². The molecule has 0 amide bonds. The number of ether oxygens (including phenoxy) is 1. The fourth-order valence-electron chi connectivity index (χ4n) is 3.36. The first-order chi connectivity index (χ1) is 7.89. The van der Waals surface area contributed by atoms with Crippen molar-refractivity contribution in [2.24, 2.45) is 16.7 Å². The van der Waals surface area contributed by atoms with Crippen LogP contribution in [0.1, 0.15) is 34.1 Å². The highest BCUT2D eigenvalue weighted by Crippen LogP contribution is 2.67. The average molecular weight is 240 g/mol. The second-order valence-electron chi connectivity index (χ2n) is 6.85. The first kappa shape index (κ1) is 13.3. The molecule has 2 atom stereocenters. The Kier molecular flexibility index (Phi) is 3.54. The molecule has 0 radical (unpaired) electrons. The van der Waals surface area contributed by atoms with Crippen LogP contribution in [0.2, 0.25) is 0 Å². The maximum absolute atomic E-state index is 5.36. The van der Waals surface area contributed by atoms with Crippen molar-refractivity contribution in [3.63, 3.8) is 0 Å². The van der Waals surface area contributed by atoms with Crippen molar-refractivity contribution in [1.29, 1.82) is 0 Å². The molecule has 2 aliphatic rings. The fraction of sp³-hybridized carbons (Fsp3) is 1.00. The maximum Gasteiger partial charge on any atom is 0.0711 e. The van der Waals surface area contributed by atoms with Crippen LogP contribution in [0, 0.1) is 16.7 Å². The molecule has 0 aromatic heterocycles. The molecule has 100 valence electrons. The van der Waals surface area contributed by atoms with Crippen molar-refractivity contribution in [3.05, 3.63) is 0 Å². The van der Waals surface area contributed by atoms with Gasteiger partial charge in [0, 0.05) is 26.2 Å². The molecule has 2 unspecified atom stereocenters. The van der Waals surface area contributed by atoms with E-state index in [0.717, 1.165) is 32.0 Å². The highest BCUT2D eigenvalue weighted by molar-refractivity contribution is 5.12. The third-order valence-corrected chi connectivity index (χ3v) is 5.57. The summed E-state index contributed by atoms with van der Waals surface area (Å²) in [5.41, 5.74) is 0.996. The first-order valence-electron chi connectivity index (χ1n) is 6.86. The highest BCUT2D eigenvalue weighted by Gasteiger charge is 2.63. The number of rotatable bonds is 5. The molecular weight excluding hydrogens is 212 g/mol. The Morgan fingerprint density at radius 3 is 2.29 bits per heavy atom. The standard InChI is InChI=1S/C14H28N2O/c1-13(2)12(14(13,3)4)9-15-7-10-6-11(17-5)8-16-10/h10-12,15-16H,6-9H2,1-5H3. The summed E-state index contributed by atoms with van der Waals surface area (Å²) in [5, 5.41) is 7.13. The van der Waals surface area contributed by atoms with Crippen LogP contribution < -0.4 is 10.6 Å². The quantitative estimate of drug-likeness (QED) is 0.766. The Balaban J connectivity index is 1.65. The monoisotopic (exact) mass is 240 g/mol. The molecule has 0 spiro atoms. The molecule has 0 aromatic rings. The minimum Gasteiger partial charge on any atom is -0.380 e. The van der Waals surface area contributed by atoms with Gasteiger partial charge in [0.1, 0.15) is 0 Å². The minimum absolute atomic E-state index is 0.413. The third-order valence-electron chi connectivity index (χ3n) is 5.57. The number of methoxy groups -OCH3 is 1. The summed E-state index contributed by atoms with van der Waals surface area (Å²) in [6.45, 7) is 12.8. The van der Waals surface area contributed by atoms with Crippen molar-refractivity contribution in [3.8, 4) is 0 Å². The van der Waals surface area contributed by atoms with Crippen molar-refractivity contribution in [2.75, 3.05) is 26.7 Å². The van der Waals surface area contributed by atoms with Gasteiger partial charge < -0.3 is 15.4 Å². The summed E-state index contributed by atoms with van der Waals surface area (Å²) in [6, 6.07) is 0.588. The second kappa shape index (κ2) is 4.52. The van der Waals surface area contributed by atoms with Crippen LogP contribution >= 0.6 is 0 Å². The van der Waals surface area contributed by atoms with Crippen LogP contribution in [0.5, 0.6) is 0 Å². The smallest absolute Gasteiger partial charge is 0.0711 e. The van der Waals surface area contributed by atoms with Crippen LogP contribution in [-0.4, -0.2) is 38.9 Å². The zero-order valence-electron chi connectivity index (χ0n) is 12.0. The van der Waals surface area contributed by atoms with Gasteiger partial charge in [-0.25, -0.2) is 0 Å². The van der Waals surface area contributed by atoms with Gasteiger partial charge in [0.05, 0.1) is 6.10 Å². The molecule has 1 aliphatic carbocycles. The van der Waals surface area contributed by atoms with Gasteiger partial charge >= 0.3 is 0 Å². The molecule has 2 rings (SSSR count). The van der Waals surface area contributed by atoms with Gasteiger partial charge in [-0.2, -0.15) is 0 Å². The van der Waals surface area contributed by atoms with Gasteiger partial charge in [-0.05, 0) is 29.7 Å². The van der Waals surface area contributed by atoms with E-state index in [1.54, 1.807) is 7.11 Å². The van der Waals surface area contributed by atoms with E-state index >= 15 is 0 Å². The highest BCUT2D eigenvalue weighted by atomic mass is 16.5. The van der Waals surface area contributed by atoms with Gasteiger partial charge in [-0.1, -0.05) is 27.7 Å². The van der Waals surface area contributed by atoms with E-state index in [1.165, 1.54) is 0 Å². The lowest BCUT2D eigenvalue weighted by Crippen LogP contribution is -2.35. The molecule has 1 heterocycles. The lowest BCUT2D eigenvalue weighted by atomic mass is 10.0. The molecule has 17 heavy (non-hydrogen) atoms. The summed E-state index contributed by atoms with van der Waals surface area (Å²) >= 11 is 0. The Hall–Kier alpha value is -0.120. The molecule has 2 fully saturated rings. The molecular formula is C14H28N2O. The summed E-state index contributed by atoms with van der Waals surface area (Å²) in [4.78, 5) is 0. The molecule has 1 saturated heterocycles. The summed E-state index contributed by atoms with van der Waals surface area (Å²) in [7, 11) is 1.80. The zero-order chi connectivity index (χ0) is 12.7. The molecule has 1 saturated carbocycles. The normalized spacial score (nSPS) is 35.1. The first-order valence-corrected chi connectivity index (χ1v) is 6.86. The Morgan fingerprint density at radius 1 is 1.18 bits per heavy atom. The molecule has 0 bridgehead atoms. The fourth-order valence-corrected chi connectivity index (χ4v) is 3.36. The Labute approximate surface area is 106 Å². The molecule has 0 aromatic carbocycles. The largest absolute Gasteiger partial charge is 0.380 e. The van der Waals surface area contributed by atoms with E-state index in [9.17, 15) is 0 Å². The van der Waals surface area contributed by atoms with E-state index in [4.69, 9.17) is 4.74 Å². The minimum atomic E-state index is 0.413. The average Bonchev–Trinajstić information content (AvgIpc) is 2.64. The van der Waals surface area contributed by atoms with Crippen LogP contribution in [0.4, 0.5) is 0 Å². The van der Waals surface area contributed by atoms with Crippen LogP contribution in [0.3, 0.4) is 0 Å². The zero-order valence-corrected chi connectivity index (χ0v) is 12.0. The van der Waals surface area contributed by atoms with Crippen molar-refractivity contribution in [2.45, 2.75) is 46.3 Å². The predicted molar refractivity (Wildman–Crippen MR) is 71.1 cm³/mol. The van der Waals surface area contributed by atoms with E-state index in [1.807, 2.05) is 0 Å². The Bertz CT molecular complexity index is 261. The van der Waals surface area contributed by atoms with Gasteiger partial charge in [0.25, 0.3) is 0 Å².